The maximum atomic E-state index is 13.2. The number of thioether (sulfide) groups is 1. The molecule has 0 radical (unpaired) electrons. The predicted molar refractivity (Wildman–Crippen MR) is 139 cm³/mol. The maximum absolute atomic E-state index is 13.2. The van der Waals surface area contributed by atoms with Crippen LogP contribution >= 0.6 is 35.0 Å². The molecule has 0 unspecified atom stereocenters. The molecule has 1 fully saturated rings. The first-order valence-corrected chi connectivity index (χ1v) is 13.5. The molecular formula is C26H32Cl2N2O2S. The molecule has 0 aromatic heterocycles. The van der Waals surface area contributed by atoms with Crippen molar-refractivity contribution in [2.24, 2.45) is 0 Å². The van der Waals surface area contributed by atoms with Crippen LogP contribution < -0.4 is 5.32 Å². The van der Waals surface area contributed by atoms with Gasteiger partial charge in [-0.1, -0.05) is 78.9 Å². The smallest absolute Gasteiger partial charge is 0.242 e. The molecule has 33 heavy (non-hydrogen) atoms. The second kappa shape index (κ2) is 13.3. The molecule has 0 aliphatic heterocycles. The van der Waals surface area contributed by atoms with E-state index in [1.807, 2.05) is 43.3 Å². The van der Waals surface area contributed by atoms with Gasteiger partial charge in [0.15, 0.2) is 0 Å². The van der Waals surface area contributed by atoms with Crippen molar-refractivity contribution in [1.82, 2.24) is 10.2 Å². The Morgan fingerprint density at radius 1 is 1.03 bits per heavy atom. The first-order valence-electron chi connectivity index (χ1n) is 11.6. The second-order valence-electron chi connectivity index (χ2n) is 8.54. The third kappa shape index (κ3) is 7.94. The summed E-state index contributed by atoms with van der Waals surface area (Å²) in [6.45, 7) is 2.33. The quantitative estimate of drug-likeness (QED) is 0.421. The molecule has 178 valence electrons. The van der Waals surface area contributed by atoms with Crippen LogP contribution in [0.3, 0.4) is 0 Å². The lowest BCUT2D eigenvalue weighted by Gasteiger charge is -2.31. The minimum absolute atomic E-state index is 0.0506. The van der Waals surface area contributed by atoms with Crippen molar-refractivity contribution >= 4 is 46.8 Å². The third-order valence-electron chi connectivity index (χ3n) is 6.14. The van der Waals surface area contributed by atoms with Gasteiger partial charge >= 0.3 is 0 Å². The zero-order valence-electron chi connectivity index (χ0n) is 19.1. The molecule has 1 N–H and O–H groups in total. The predicted octanol–water partition coefficient (Wildman–Crippen LogP) is 6.14. The van der Waals surface area contributed by atoms with Crippen LogP contribution in [0.2, 0.25) is 10.0 Å². The van der Waals surface area contributed by atoms with Gasteiger partial charge in [-0.3, -0.25) is 9.59 Å². The van der Waals surface area contributed by atoms with Crippen molar-refractivity contribution in [1.29, 1.82) is 0 Å². The van der Waals surface area contributed by atoms with Crippen LogP contribution in [0.1, 0.15) is 50.2 Å². The van der Waals surface area contributed by atoms with Crippen molar-refractivity contribution in [3.05, 3.63) is 69.7 Å². The fourth-order valence-electron chi connectivity index (χ4n) is 4.13. The number of benzene rings is 2. The van der Waals surface area contributed by atoms with Crippen LogP contribution in [0.25, 0.3) is 0 Å². The number of carbonyl (C=O) groups is 2. The van der Waals surface area contributed by atoms with Crippen molar-refractivity contribution in [3.63, 3.8) is 0 Å². The lowest BCUT2D eigenvalue weighted by molar-refractivity contribution is -0.138. The maximum Gasteiger partial charge on any atom is 0.242 e. The van der Waals surface area contributed by atoms with Gasteiger partial charge in [0, 0.05) is 28.4 Å². The van der Waals surface area contributed by atoms with Gasteiger partial charge < -0.3 is 10.2 Å². The highest BCUT2D eigenvalue weighted by molar-refractivity contribution is 7.99. The van der Waals surface area contributed by atoms with E-state index in [2.05, 4.69) is 5.32 Å². The van der Waals surface area contributed by atoms with Crippen LogP contribution in [0.4, 0.5) is 0 Å². The lowest BCUT2D eigenvalue weighted by Crippen LogP contribution is -2.51. The zero-order chi connectivity index (χ0) is 23.6. The van der Waals surface area contributed by atoms with Crippen LogP contribution in [-0.2, 0) is 21.8 Å². The van der Waals surface area contributed by atoms with Gasteiger partial charge in [-0.05, 0) is 49.4 Å². The molecular weight excluding hydrogens is 475 g/mol. The van der Waals surface area contributed by atoms with E-state index >= 15 is 0 Å². The minimum atomic E-state index is -0.521. The Bertz CT molecular complexity index is 900. The summed E-state index contributed by atoms with van der Waals surface area (Å²) in [5.41, 5.74) is 1.98. The fraction of sp³-hybridized carbons (Fsp3) is 0.462. The highest BCUT2D eigenvalue weighted by Crippen LogP contribution is 2.28. The fourth-order valence-corrected chi connectivity index (χ4v) is 5.78. The number of carbonyl (C=O) groups excluding carboxylic acids is 2. The number of rotatable bonds is 10. The number of hydrogen-bond acceptors (Lipinski definition) is 3. The molecule has 4 nitrogen and oxygen atoms in total. The van der Waals surface area contributed by atoms with Gasteiger partial charge in [-0.2, -0.15) is 0 Å². The summed E-state index contributed by atoms with van der Waals surface area (Å²) >= 11 is 14.0. The Morgan fingerprint density at radius 3 is 2.36 bits per heavy atom. The van der Waals surface area contributed by atoms with Crippen molar-refractivity contribution in [3.8, 4) is 0 Å². The Morgan fingerprint density at radius 2 is 1.70 bits per heavy atom. The first-order chi connectivity index (χ1) is 16.0. The van der Waals surface area contributed by atoms with E-state index in [0.29, 0.717) is 28.8 Å². The molecule has 2 aromatic carbocycles. The van der Waals surface area contributed by atoms with Gasteiger partial charge in [-0.15, -0.1) is 11.8 Å². The Kier molecular flexibility index (Phi) is 10.4. The van der Waals surface area contributed by atoms with E-state index in [1.54, 1.807) is 17.0 Å². The standard InChI is InChI=1S/C26H32Cl2N2O2S/c1-19(26(32)29-21-11-6-3-7-12-21)30(16-15-20-9-4-2-5-10-20)25(31)18-33-17-22-23(27)13-8-14-24(22)28/h2,4-5,8-10,13-14,19,21H,3,6-7,11-12,15-18H2,1H3,(H,29,32)/t19-/m1/s1. The van der Waals surface area contributed by atoms with Gasteiger partial charge in [0.2, 0.25) is 11.8 Å². The monoisotopic (exact) mass is 506 g/mol. The van der Waals surface area contributed by atoms with E-state index in [9.17, 15) is 9.59 Å². The second-order valence-corrected chi connectivity index (χ2v) is 10.3. The third-order valence-corrected chi connectivity index (χ3v) is 7.79. The van der Waals surface area contributed by atoms with E-state index < -0.39 is 6.04 Å². The van der Waals surface area contributed by atoms with Gasteiger partial charge in [0.05, 0.1) is 5.75 Å². The normalized spacial score (nSPS) is 15.1. The number of nitrogens with one attached hydrogen (secondary N) is 1. The molecule has 0 saturated heterocycles. The van der Waals surface area contributed by atoms with Crippen molar-refractivity contribution in [2.75, 3.05) is 12.3 Å². The average Bonchev–Trinajstić information content (AvgIpc) is 2.82. The summed E-state index contributed by atoms with van der Waals surface area (Å²) in [5.74, 6) is 0.685. The van der Waals surface area contributed by atoms with Crippen LogP contribution in [0.15, 0.2) is 48.5 Å². The highest BCUT2D eigenvalue weighted by atomic mass is 35.5. The van der Waals surface area contributed by atoms with E-state index in [-0.39, 0.29) is 23.6 Å². The Hall–Kier alpha value is -1.69. The largest absolute Gasteiger partial charge is 0.352 e. The summed E-state index contributed by atoms with van der Waals surface area (Å²) in [4.78, 5) is 27.9. The molecule has 2 aromatic rings. The molecule has 2 amide bonds. The minimum Gasteiger partial charge on any atom is -0.352 e. The summed E-state index contributed by atoms with van der Waals surface area (Å²) in [7, 11) is 0. The van der Waals surface area contributed by atoms with E-state index in [1.165, 1.54) is 18.2 Å². The van der Waals surface area contributed by atoms with Crippen LogP contribution in [0.5, 0.6) is 0 Å². The topological polar surface area (TPSA) is 49.4 Å². The van der Waals surface area contributed by atoms with Crippen molar-refractivity contribution < 1.29 is 9.59 Å². The lowest BCUT2D eigenvalue weighted by atomic mass is 9.95. The first kappa shape index (κ1) is 25.9. The molecule has 1 aliphatic rings. The SMILES string of the molecule is C[C@H](C(=O)NC1CCCCC1)N(CCc1ccccc1)C(=O)CSCc1c(Cl)cccc1Cl. The molecule has 1 atom stereocenters. The number of nitrogens with zero attached hydrogens (tertiary/aromatic N) is 1. The zero-order valence-corrected chi connectivity index (χ0v) is 21.4. The van der Waals surface area contributed by atoms with E-state index in [4.69, 9.17) is 23.2 Å². The summed E-state index contributed by atoms with van der Waals surface area (Å²) in [6, 6.07) is 15.2. The van der Waals surface area contributed by atoms with Crippen LogP contribution in [0, 0.1) is 0 Å². The van der Waals surface area contributed by atoms with Gasteiger partial charge in [0.1, 0.15) is 6.04 Å². The number of hydrogen-bond donors (Lipinski definition) is 1. The highest BCUT2D eigenvalue weighted by Gasteiger charge is 2.27. The molecule has 7 heteroatoms. The van der Waals surface area contributed by atoms with Gasteiger partial charge in [0.25, 0.3) is 0 Å². The van der Waals surface area contributed by atoms with E-state index in [0.717, 1.165) is 36.8 Å². The van der Waals surface area contributed by atoms with Gasteiger partial charge in [-0.25, -0.2) is 0 Å². The summed E-state index contributed by atoms with van der Waals surface area (Å²) < 4.78 is 0. The van der Waals surface area contributed by atoms with Crippen molar-refractivity contribution in [2.45, 2.75) is 63.3 Å². The molecule has 0 bridgehead atoms. The molecule has 1 saturated carbocycles. The molecule has 0 spiro atoms. The summed E-state index contributed by atoms with van der Waals surface area (Å²) in [6.07, 6.45) is 6.27. The Balaban J connectivity index is 1.62. The molecule has 0 heterocycles. The van der Waals surface area contributed by atoms with Crippen LogP contribution in [-0.4, -0.2) is 41.1 Å². The average molecular weight is 508 g/mol. The number of halogens is 2. The Labute approximate surface area is 211 Å². The molecule has 3 rings (SSSR count). The number of amides is 2. The summed E-state index contributed by atoms with van der Waals surface area (Å²) in [5, 5.41) is 4.38. The molecule has 1 aliphatic carbocycles.